The van der Waals surface area contributed by atoms with E-state index in [-0.39, 0.29) is 5.41 Å². The minimum Gasteiger partial charge on any atom is -0.389 e. The molecule has 4 heterocycles. The number of hydrogen-bond acceptors (Lipinski definition) is 6. The summed E-state index contributed by atoms with van der Waals surface area (Å²) in [6.07, 6.45) is 5.54. The number of aromatic amines is 1. The van der Waals surface area contributed by atoms with E-state index in [0.717, 1.165) is 40.6 Å². The van der Waals surface area contributed by atoms with Crippen LogP contribution in [0.25, 0.3) is 11.0 Å². The topological polar surface area (TPSA) is 77.9 Å². The summed E-state index contributed by atoms with van der Waals surface area (Å²) < 4.78 is 0. The fourth-order valence-electron chi connectivity index (χ4n) is 3.44. The number of thiazole rings is 1. The fraction of sp³-hybridized carbons (Fsp3) is 0.526. The van der Waals surface area contributed by atoms with Gasteiger partial charge in [-0.2, -0.15) is 0 Å². The van der Waals surface area contributed by atoms with Gasteiger partial charge in [-0.25, -0.2) is 15.0 Å². The van der Waals surface area contributed by atoms with Crippen LogP contribution in [0.2, 0.25) is 0 Å². The molecule has 1 aliphatic rings. The summed E-state index contributed by atoms with van der Waals surface area (Å²) in [5.74, 6) is 0.947. The molecule has 0 spiro atoms. The number of rotatable bonds is 3. The zero-order valence-electron chi connectivity index (χ0n) is 15.5. The number of fused-ring (bicyclic) bond motifs is 1. The van der Waals surface area contributed by atoms with E-state index in [1.165, 1.54) is 0 Å². The van der Waals surface area contributed by atoms with Gasteiger partial charge in [0.1, 0.15) is 17.8 Å². The van der Waals surface area contributed by atoms with Crippen molar-refractivity contribution in [2.75, 3.05) is 18.0 Å². The minimum atomic E-state index is -0.687. The van der Waals surface area contributed by atoms with Crippen molar-refractivity contribution in [1.29, 1.82) is 0 Å². The Morgan fingerprint density at radius 1 is 1.27 bits per heavy atom. The second kappa shape index (κ2) is 6.32. The van der Waals surface area contributed by atoms with Crippen molar-refractivity contribution in [3.8, 4) is 0 Å². The zero-order chi connectivity index (χ0) is 18.4. The molecule has 1 fully saturated rings. The van der Waals surface area contributed by atoms with E-state index in [2.05, 4.69) is 46.0 Å². The smallest absolute Gasteiger partial charge is 0.142 e. The lowest BCUT2D eigenvalue weighted by molar-refractivity contribution is 0.0164. The third kappa shape index (κ3) is 3.33. The molecule has 3 aromatic rings. The van der Waals surface area contributed by atoms with E-state index >= 15 is 0 Å². The molecule has 6 nitrogen and oxygen atoms in total. The standard InChI is InChI=1S/C19H25N5OS/c1-18(2,3)14-11-26-15(23-14)10-19(25)5-8-24(9-6-19)17-13-4-7-20-16(13)21-12-22-17/h4,7,11-12,25H,5-6,8-10H2,1-3H3,(H,20,21,22). The number of nitrogens with one attached hydrogen (secondary N) is 1. The normalized spacial score (nSPS) is 17.8. The molecule has 4 rings (SSSR count). The molecule has 0 unspecified atom stereocenters. The van der Waals surface area contributed by atoms with Crippen molar-refractivity contribution < 1.29 is 5.11 Å². The van der Waals surface area contributed by atoms with Crippen molar-refractivity contribution in [3.63, 3.8) is 0 Å². The van der Waals surface area contributed by atoms with E-state index in [4.69, 9.17) is 4.98 Å². The largest absolute Gasteiger partial charge is 0.389 e. The number of hydrogen-bond donors (Lipinski definition) is 2. The van der Waals surface area contributed by atoms with E-state index in [1.54, 1.807) is 17.7 Å². The van der Waals surface area contributed by atoms with E-state index in [9.17, 15) is 5.11 Å². The van der Waals surface area contributed by atoms with Crippen LogP contribution in [-0.2, 0) is 11.8 Å². The lowest BCUT2D eigenvalue weighted by atomic mass is 9.88. The Bertz CT molecular complexity index is 902. The molecule has 3 aromatic heterocycles. The van der Waals surface area contributed by atoms with Gasteiger partial charge in [-0.05, 0) is 18.9 Å². The fourth-order valence-corrected chi connectivity index (χ4v) is 4.60. The van der Waals surface area contributed by atoms with Crippen molar-refractivity contribution in [1.82, 2.24) is 19.9 Å². The Balaban J connectivity index is 1.45. The van der Waals surface area contributed by atoms with Gasteiger partial charge < -0.3 is 15.0 Å². The highest BCUT2D eigenvalue weighted by molar-refractivity contribution is 7.09. The van der Waals surface area contributed by atoms with Gasteiger partial charge in [0.2, 0.25) is 0 Å². The van der Waals surface area contributed by atoms with Crippen LogP contribution in [0.4, 0.5) is 5.82 Å². The van der Waals surface area contributed by atoms with Gasteiger partial charge in [0.15, 0.2) is 0 Å². The maximum atomic E-state index is 11.1. The van der Waals surface area contributed by atoms with Gasteiger partial charge in [0.05, 0.1) is 21.7 Å². The highest BCUT2D eigenvalue weighted by Crippen LogP contribution is 2.32. The van der Waals surface area contributed by atoms with Gasteiger partial charge in [0.25, 0.3) is 0 Å². The second-order valence-electron chi connectivity index (χ2n) is 8.20. The average Bonchev–Trinajstić information content (AvgIpc) is 3.23. The SMILES string of the molecule is CC(C)(C)c1csc(CC2(O)CCN(c3ncnc4[nH]ccc34)CC2)n1. The Kier molecular flexibility index (Phi) is 4.23. The summed E-state index contributed by atoms with van der Waals surface area (Å²) >= 11 is 1.66. The van der Waals surface area contributed by atoms with Gasteiger partial charge in [0, 0.05) is 36.5 Å². The molecule has 0 saturated carbocycles. The summed E-state index contributed by atoms with van der Waals surface area (Å²) in [5.41, 5.74) is 1.33. The summed E-state index contributed by atoms with van der Waals surface area (Å²) in [6, 6.07) is 2.01. The Morgan fingerprint density at radius 3 is 2.73 bits per heavy atom. The summed E-state index contributed by atoms with van der Waals surface area (Å²) in [5, 5.41) is 15.3. The average molecular weight is 372 g/mol. The van der Waals surface area contributed by atoms with Gasteiger partial charge in [-0.15, -0.1) is 11.3 Å². The van der Waals surface area contributed by atoms with Crippen LogP contribution in [0, 0.1) is 0 Å². The molecule has 0 radical (unpaired) electrons. The quantitative estimate of drug-likeness (QED) is 0.739. The highest BCUT2D eigenvalue weighted by atomic mass is 32.1. The van der Waals surface area contributed by atoms with Gasteiger partial charge in [-0.1, -0.05) is 20.8 Å². The molecule has 0 amide bonds. The first-order valence-corrected chi connectivity index (χ1v) is 9.92. The van der Waals surface area contributed by atoms with Gasteiger partial charge >= 0.3 is 0 Å². The van der Waals surface area contributed by atoms with Crippen LogP contribution in [0.5, 0.6) is 0 Å². The first kappa shape index (κ1) is 17.4. The molecule has 0 aliphatic carbocycles. The van der Waals surface area contributed by atoms with Crippen molar-refractivity contribution in [3.05, 3.63) is 34.7 Å². The molecule has 26 heavy (non-hydrogen) atoms. The third-order valence-electron chi connectivity index (χ3n) is 5.13. The van der Waals surface area contributed by atoms with E-state index in [0.29, 0.717) is 19.3 Å². The molecule has 1 saturated heterocycles. The molecule has 0 aromatic carbocycles. The number of nitrogens with zero attached hydrogens (tertiary/aromatic N) is 4. The van der Waals surface area contributed by atoms with Crippen LogP contribution in [0.3, 0.4) is 0 Å². The maximum Gasteiger partial charge on any atom is 0.142 e. The molecular formula is C19H25N5OS. The lowest BCUT2D eigenvalue weighted by Gasteiger charge is -2.38. The first-order valence-electron chi connectivity index (χ1n) is 9.04. The molecule has 7 heteroatoms. The van der Waals surface area contributed by atoms with Crippen LogP contribution >= 0.6 is 11.3 Å². The first-order chi connectivity index (χ1) is 12.3. The van der Waals surface area contributed by atoms with E-state index in [1.807, 2.05) is 12.3 Å². The monoisotopic (exact) mass is 371 g/mol. The lowest BCUT2D eigenvalue weighted by Crippen LogP contribution is -2.46. The van der Waals surface area contributed by atoms with Crippen LogP contribution < -0.4 is 4.90 Å². The minimum absolute atomic E-state index is 0.0513. The predicted octanol–water partition coefficient (Wildman–Crippen LogP) is 3.29. The molecule has 0 bridgehead atoms. The molecular weight excluding hydrogens is 346 g/mol. The van der Waals surface area contributed by atoms with Crippen LogP contribution in [0.15, 0.2) is 24.0 Å². The van der Waals surface area contributed by atoms with Gasteiger partial charge in [-0.3, -0.25) is 0 Å². The van der Waals surface area contributed by atoms with Crippen molar-refractivity contribution >= 4 is 28.2 Å². The van der Waals surface area contributed by atoms with E-state index < -0.39 is 5.60 Å². The molecule has 2 N–H and O–H groups in total. The third-order valence-corrected chi connectivity index (χ3v) is 5.98. The number of piperidine rings is 1. The number of aliphatic hydroxyl groups is 1. The Hall–Kier alpha value is -1.99. The molecule has 1 aliphatic heterocycles. The van der Waals surface area contributed by atoms with Crippen LogP contribution in [-0.4, -0.2) is 43.7 Å². The van der Waals surface area contributed by atoms with Crippen molar-refractivity contribution in [2.45, 2.75) is 51.0 Å². The molecule has 0 atom stereocenters. The maximum absolute atomic E-state index is 11.1. The van der Waals surface area contributed by atoms with Crippen molar-refractivity contribution in [2.24, 2.45) is 0 Å². The number of H-pyrrole nitrogens is 1. The summed E-state index contributed by atoms with van der Waals surface area (Å²) in [6.45, 7) is 8.07. The molecule has 138 valence electrons. The number of anilines is 1. The van der Waals surface area contributed by atoms with Crippen LogP contribution in [0.1, 0.15) is 44.3 Å². The predicted molar refractivity (Wildman–Crippen MR) is 105 cm³/mol. The Labute approximate surface area is 157 Å². The number of aromatic nitrogens is 4. The highest BCUT2D eigenvalue weighted by Gasteiger charge is 2.34. The second-order valence-corrected chi connectivity index (χ2v) is 9.14. The Morgan fingerprint density at radius 2 is 2.04 bits per heavy atom. The summed E-state index contributed by atoms with van der Waals surface area (Å²) in [7, 11) is 0. The zero-order valence-corrected chi connectivity index (χ0v) is 16.3. The summed E-state index contributed by atoms with van der Waals surface area (Å²) in [4.78, 5) is 18.8.